The molecule has 416 valence electrons. The molecule has 0 aliphatic carbocycles. The van der Waals surface area contributed by atoms with Gasteiger partial charge in [-0.15, -0.1) is 0 Å². The summed E-state index contributed by atoms with van der Waals surface area (Å²) in [6, 6.07) is 10.4. The minimum Gasteiger partial charge on any atom is -0.387 e. The van der Waals surface area contributed by atoms with E-state index in [2.05, 4.69) is 26.3 Å². The van der Waals surface area contributed by atoms with Gasteiger partial charge in [-0.05, 0) is 79.6 Å². The Bertz CT molecular complexity index is 2870. The summed E-state index contributed by atoms with van der Waals surface area (Å²) in [4.78, 5) is 139. The smallest absolute Gasteiger partial charge is 0.254 e. The molecule has 0 fully saturated rings. The molecule has 21 nitrogen and oxygen atoms in total. The monoisotopic (exact) mass is 1080 g/mol. The quantitative estimate of drug-likeness (QED) is 0.0370. The summed E-state index contributed by atoms with van der Waals surface area (Å²) in [5, 5.41) is 20.7. The van der Waals surface area contributed by atoms with Crippen molar-refractivity contribution in [1.82, 2.24) is 45.5 Å². The maximum absolute atomic E-state index is 15.4. The number of likely N-dealkylation sites (N-methyl/N-ethyl adjacent to an activating group) is 1. The third-order valence-corrected chi connectivity index (χ3v) is 12.9. The number of aliphatic hydroxyl groups excluding tert-OH is 1. The largest absolute Gasteiger partial charge is 0.387 e. The van der Waals surface area contributed by atoms with Crippen molar-refractivity contribution in [1.29, 1.82) is 0 Å². The fraction of sp³-hybridized carbons (Fsp3) is 0.400. The summed E-state index contributed by atoms with van der Waals surface area (Å²) in [7, 11) is 1.29. The molecule has 5 atom stereocenters. The predicted molar refractivity (Wildman–Crippen MR) is 280 cm³/mol. The number of rotatable bonds is 27. The number of Topliss-reactive ketones (excluding diaryl/α,β-unsaturated/α-hetero) is 1. The molecular formula is C55H66F2N10O11. The van der Waals surface area contributed by atoms with E-state index in [1.165, 1.54) is 38.2 Å². The van der Waals surface area contributed by atoms with Gasteiger partial charge in [-0.25, -0.2) is 8.78 Å². The Morgan fingerprint density at radius 2 is 1.47 bits per heavy atom. The van der Waals surface area contributed by atoms with Crippen LogP contribution in [0, 0.1) is 17.0 Å². The zero-order valence-electron chi connectivity index (χ0n) is 44.3. The van der Waals surface area contributed by atoms with Gasteiger partial charge in [-0.3, -0.25) is 57.8 Å². The van der Waals surface area contributed by atoms with E-state index in [-0.39, 0.29) is 56.4 Å². The maximum atomic E-state index is 15.4. The first kappa shape index (κ1) is 60.4. The van der Waals surface area contributed by atoms with Crippen LogP contribution >= 0.6 is 0 Å². The average molecular weight is 1080 g/mol. The Hall–Kier alpha value is -8.47. The van der Waals surface area contributed by atoms with Crippen LogP contribution in [0.3, 0.4) is 0 Å². The third-order valence-electron chi connectivity index (χ3n) is 12.9. The number of pyridine rings is 1. The molecule has 78 heavy (non-hydrogen) atoms. The zero-order valence-corrected chi connectivity index (χ0v) is 44.3. The zero-order chi connectivity index (χ0) is 57.4. The second kappa shape index (κ2) is 27.5. The number of nitrogens with zero attached hydrogens (tertiary/aromatic N) is 5. The van der Waals surface area contributed by atoms with Gasteiger partial charge < -0.3 is 46.5 Å². The van der Waals surface area contributed by atoms with Gasteiger partial charge in [-0.2, -0.15) is 0 Å². The van der Waals surface area contributed by atoms with Crippen LogP contribution in [0.4, 0.5) is 8.78 Å². The molecule has 1 aliphatic rings. The van der Waals surface area contributed by atoms with Crippen molar-refractivity contribution in [2.24, 2.45) is 11.1 Å². The van der Waals surface area contributed by atoms with Gasteiger partial charge in [-0.1, -0.05) is 51.1 Å². The van der Waals surface area contributed by atoms with E-state index in [9.17, 15) is 57.4 Å². The summed E-state index contributed by atoms with van der Waals surface area (Å²) in [5.74, 6) is -9.08. The van der Waals surface area contributed by atoms with E-state index in [0.29, 0.717) is 11.3 Å². The van der Waals surface area contributed by atoms with E-state index < -0.39 is 126 Å². The molecular weight excluding hydrogens is 1010 g/mol. The number of halogens is 2. The lowest BCUT2D eigenvalue weighted by atomic mass is 9.82. The Balaban J connectivity index is 1.42. The van der Waals surface area contributed by atoms with Crippen LogP contribution in [0.25, 0.3) is 11.1 Å². The van der Waals surface area contributed by atoms with Crippen molar-refractivity contribution < 1.29 is 61.8 Å². The maximum Gasteiger partial charge on any atom is 0.254 e. The second-order valence-electron chi connectivity index (χ2n) is 20.0. The minimum absolute atomic E-state index is 0.0142. The highest BCUT2D eigenvalue weighted by molar-refractivity contribution is 6.14. The Morgan fingerprint density at radius 1 is 0.821 bits per heavy atom. The molecule has 0 unspecified atom stereocenters. The van der Waals surface area contributed by atoms with Crippen LogP contribution < -0.4 is 27.0 Å². The number of hydrogen-bond donors (Lipinski definition) is 6. The lowest BCUT2D eigenvalue weighted by Gasteiger charge is -2.41. The average Bonchev–Trinajstić information content (AvgIpc) is 3.96. The van der Waals surface area contributed by atoms with Crippen molar-refractivity contribution in [3.8, 4) is 11.1 Å². The molecule has 2 aromatic heterocycles. The van der Waals surface area contributed by atoms with Gasteiger partial charge in [0.25, 0.3) is 11.8 Å². The van der Waals surface area contributed by atoms with Crippen LogP contribution in [-0.2, 0) is 60.9 Å². The number of imide groups is 1. The number of nitrogens with one attached hydrogen (secondary N) is 4. The molecule has 9 amide bonds. The van der Waals surface area contributed by atoms with Gasteiger partial charge in [0.1, 0.15) is 42.4 Å². The molecule has 4 aromatic rings. The predicted octanol–water partition coefficient (Wildman–Crippen LogP) is 2.00. The molecule has 5 rings (SSSR count). The van der Waals surface area contributed by atoms with Gasteiger partial charge >= 0.3 is 0 Å². The van der Waals surface area contributed by atoms with Crippen LogP contribution in [-0.4, -0.2) is 146 Å². The first-order valence-corrected chi connectivity index (χ1v) is 25.1. The molecule has 2 aromatic carbocycles. The summed E-state index contributed by atoms with van der Waals surface area (Å²) in [6.45, 7) is 6.33. The van der Waals surface area contributed by atoms with E-state index >= 15 is 4.39 Å². The molecule has 0 spiro atoms. The molecule has 0 radical (unpaired) electrons. The van der Waals surface area contributed by atoms with E-state index in [4.69, 9.17) is 5.73 Å². The number of nitrogens with two attached hydrogens (primary N) is 1. The molecule has 0 saturated carbocycles. The van der Waals surface area contributed by atoms with Gasteiger partial charge in [0.15, 0.2) is 5.78 Å². The first-order chi connectivity index (χ1) is 36.9. The van der Waals surface area contributed by atoms with Gasteiger partial charge in [0.2, 0.25) is 41.4 Å². The van der Waals surface area contributed by atoms with Crippen molar-refractivity contribution in [3.63, 3.8) is 0 Å². The summed E-state index contributed by atoms with van der Waals surface area (Å²) in [6.07, 6.45) is 5.32. The second-order valence-corrected chi connectivity index (χ2v) is 20.0. The highest BCUT2D eigenvalue weighted by atomic mass is 19.1. The summed E-state index contributed by atoms with van der Waals surface area (Å²) >= 11 is 0. The van der Waals surface area contributed by atoms with Crippen LogP contribution in [0.15, 0.2) is 97.5 Å². The number of carbonyl (C=O) groups is 10. The van der Waals surface area contributed by atoms with Gasteiger partial charge in [0, 0.05) is 80.7 Å². The minimum atomic E-state index is -1.74. The number of benzene rings is 2. The van der Waals surface area contributed by atoms with E-state index in [0.717, 1.165) is 45.7 Å². The first-order valence-electron chi connectivity index (χ1n) is 25.1. The number of hydrogen-bond acceptors (Lipinski definition) is 12. The SMILES string of the molecule is C[C@H](NC(=O)Cc1ccncc1)C(=O)N(C)[C@@H](C)C(=O)N[C@@H](CC(N)=O)C(=O)N[C@@H](CCN(C(=O)CO)[C@@H](c1cc(-c2cc(F)ccc2F)cn1Cc1ccccc1)C(C)(C)C)C(=O)NCCCC(=O)CN1C(=O)C=CC1=O. The third kappa shape index (κ3) is 16.8. The number of ketones is 1. The number of aliphatic hydroxyl groups is 1. The van der Waals surface area contributed by atoms with Crippen molar-refractivity contribution >= 4 is 58.9 Å². The summed E-state index contributed by atoms with van der Waals surface area (Å²) < 4.78 is 31.8. The Labute approximate surface area is 450 Å². The normalized spacial score (nSPS) is 14.1. The van der Waals surface area contributed by atoms with Crippen molar-refractivity contribution in [2.45, 2.75) is 103 Å². The molecule has 0 bridgehead atoms. The lowest BCUT2D eigenvalue weighted by Crippen LogP contribution is -2.58. The van der Waals surface area contributed by atoms with Gasteiger partial charge in [0.05, 0.1) is 25.4 Å². The highest BCUT2D eigenvalue weighted by Crippen LogP contribution is 2.41. The fourth-order valence-corrected chi connectivity index (χ4v) is 8.79. The molecule has 7 N–H and O–H groups in total. The molecule has 0 saturated heterocycles. The lowest BCUT2D eigenvalue weighted by molar-refractivity contribution is -0.142. The molecule has 1 aliphatic heterocycles. The van der Waals surface area contributed by atoms with Crippen molar-refractivity contribution in [3.05, 3.63) is 126 Å². The topological polar surface area (TPSA) is 293 Å². The molecule has 23 heteroatoms. The van der Waals surface area contributed by atoms with Crippen LogP contribution in [0.1, 0.15) is 83.2 Å². The van der Waals surface area contributed by atoms with E-state index in [1.54, 1.807) is 49.7 Å². The Morgan fingerprint density at radius 3 is 2.10 bits per heavy atom. The highest BCUT2D eigenvalue weighted by Gasteiger charge is 2.39. The van der Waals surface area contributed by atoms with Crippen LogP contribution in [0.2, 0.25) is 0 Å². The number of amides is 9. The number of primary amides is 1. The standard InChI is InChI=1S/C55H66F2N10O11/c1-33(61-46(71)25-35-18-22-59-23-19-35)54(78)64(6)34(2)51(75)63-43(28-45(58)70)53(77)62-42(52(76)60-21-10-13-39(69)31-67-47(72)16-17-48(67)73)20-24-66(49(74)32-68)50(55(3,4)5)44-26-37(40-27-38(56)14-15-41(40)57)30-65(44)29-36-11-8-7-9-12-36/h7-9,11-12,14-19,22-23,26-27,30,33-34,42-43,50,68H,10,13,20-21,24-25,28-29,31-32H2,1-6H3,(H2,58,70)(H,60,76)(H,61,71)(H,62,77)(H,63,75)/t33-,34-,42-,43-,50-/m0/s1. The number of aromatic nitrogens is 2. The summed E-state index contributed by atoms with van der Waals surface area (Å²) in [5.41, 5.74) is 6.75. The molecule has 3 heterocycles. The Kier molecular flexibility index (Phi) is 21.3. The van der Waals surface area contributed by atoms with Crippen molar-refractivity contribution in [2.75, 3.05) is 33.3 Å². The number of carbonyl (C=O) groups excluding carboxylic acids is 10. The fourth-order valence-electron chi connectivity index (χ4n) is 8.79. The van der Waals surface area contributed by atoms with Crippen LogP contribution in [0.5, 0.6) is 0 Å². The van der Waals surface area contributed by atoms with E-state index in [1.807, 2.05) is 30.3 Å².